The molecule has 3 aromatic rings. The molecule has 3 aromatic carbocycles. The molecule has 1 fully saturated rings. The van der Waals surface area contributed by atoms with Crippen LogP contribution < -0.4 is 15.8 Å². The summed E-state index contributed by atoms with van der Waals surface area (Å²) in [6.45, 7) is 2.92. The summed E-state index contributed by atoms with van der Waals surface area (Å²) in [5.41, 5.74) is 3.06. The molecule has 39 heavy (non-hydrogen) atoms. The molecular weight excluding hydrogens is 520 g/mol. The lowest BCUT2D eigenvalue weighted by molar-refractivity contribution is -0.384. The van der Waals surface area contributed by atoms with E-state index in [9.17, 15) is 28.1 Å². The molecule has 1 aliphatic rings. The number of carbonyl (C=O) groups excluding carboxylic acids is 2. The monoisotopic (exact) mass is 552 g/mol. The number of hydrogen-bond donors (Lipinski definition) is 3. The molecule has 10 nitrogen and oxygen atoms in total. The maximum atomic E-state index is 12.3. The van der Waals surface area contributed by atoms with Gasteiger partial charge < -0.3 is 10.6 Å². The summed E-state index contributed by atoms with van der Waals surface area (Å²) in [5.74, 6) is 0.696. The second-order valence-corrected chi connectivity index (χ2v) is 10.9. The average molecular weight is 553 g/mol. The summed E-state index contributed by atoms with van der Waals surface area (Å²) in [6.07, 6.45) is 3.77. The number of primary sulfonamides is 1. The highest BCUT2D eigenvalue weighted by atomic mass is 32.2. The normalized spacial score (nSPS) is 16.5. The molecule has 0 aromatic heterocycles. The van der Waals surface area contributed by atoms with Crippen molar-refractivity contribution >= 4 is 28.0 Å². The van der Waals surface area contributed by atoms with Crippen LogP contribution in [-0.2, 0) is 32.7 Å². The molecule has 0 bridgehead atoms. The highest BCUT2D eigenvalue weighted by Crippen LogP contribution is 2.31. The van der Waals surface area contributed by atoms with Gasteiger partial charge in [-0.05, 0) is 41.5 Å². The number of rotatable bonds is 9. The molecule has 4 rings (SSSR count). The van der Waals surface area contributed by atoms with Crippen molar-refractivity contribution in [3.63, 3.8) is 0 Å². The maximum Gasteiger partial charge on any atom is 0.269 e. The Morgan fingerprint density at radius 3 is 2.36 bits per heavy atom. The molecule has 0 radical (unpaired) electrons. The molecular formula is C28H32N4O6S. The van der Waals surface area contributed by atoms with Crippen LogP contribution in [0.1, 0.15) is 37.3 Å². The van der Waals surface area contributed by atoms with Crippen LogP contribution in [0, 0.1) is 22.0 Å². The molecule has 1 saturated carbocycles. The Morgan fingerprint density at radius 1 is 1.03 bits per heavy atom. The van der Waals surface area contributed by atoms with E-state index >= 15 is 0 Å². The van der Waals surface area contributed by atoms with Gasteiger partial charge in [0.2, 0.25) is 22.3 Å². The van der Waals surface area contributed by atoms with Gasteiger partial charge in [0.25, 0.3) is 5.69 Å². The van der Waals surface area contributed by atoms with Crippen molar-refractivity contribution < 1.29 is 22.9 Å². The summed E-state index contributed by atoms with van der Waals surface area (Å²) in [5, 5.41) is 21.1. The molecule has 0 spiro atoms. The Morgan fingerprint density at radius 2 is 1.74 bits per heavy atom. The Hall–Kier alpha value is -4.09. The lowest BCUT2D eigenvalue weighted by Gasteiger charge is -2.15. The molecule has 0 heterocycles. The standard InChI is InChI=1S/C20H24N2O3S.C8H8N2O3/c1-14-5-4-7-17(14)20(23)22-13-15-9-11-16(12-10-15)18-6-2-3-8-19(18)26(21,24)25;11-6-9-5-7-2-1-3-8(4-7)10(12)13/h2-3,6,8-12,14,17H,4-5,7,13H2,1H3,(H,22,23)(H2,21,24,25);1-4,6H,5H2,(H,9,11)/t14?,17-;/m1./s1. The van der Waals surface area contributed by atoms with E-state index in [0.717, 1.165) is 30.4 Å². The van der Waals surface area contributed by atoms with E-state index in [1.54, 1.807) is 30.3 Å². The van der Waals surface area contributed by atoms with Crippen molar-refractivity contribution in [2.45, 2.75) is 44.2 Å². The van der Waals surface area contributed by atoms with Gasteiger partial charge in [-0.1, -0.05) is 67.9 Å². The molecule has 11 heteroatoms. The first-order valence-electron chi connectivity index (χ1n) is 12.5. The molecule has 0 saturated heterocycles. The number of nitrogens with one attached hydrogen (secondary N) is 2. The van der Waals surface area contributed by atoms with E-state index in [1.807, 2.05) is 24.3 Å². The van der Waals surface area contributed by atoms with E-state index in [2.05, 4.69) is 17.6 Å². The largest absolute Gasteiger partial charge is 0.355 e. The van der Waals surface area contributed by atoms with Crippen LogP contribution in [-0.4, -0.2) is 25.7 Å². The van der Waals surface area contributed by atoms with Crippen LogP contribution >= 0.6 is 0 Å². The summed E-state index contributed by atoms with van der Waals surface area (Å²) in [4.78, 5) is 32.2. The van der Waals surface area contributed by atoms with Crippen molar-refractivity contribution in [2.75, 3.05) is 0 Å². The number of amides is 2. The predicted octanol–water partition coefficient (Wildman–Crippen LogP) is 3.89. The zero-order valence-corrected chi connectivity index (χ0v) is 22.4. The average Bonchev–Trinajstić information content (AvgIpc) is 3.37. The zero-order chi connectivity index (χ0) is 28.4. The first-order chi connectivity index (χ1) is 18.6. The number of benzene rings is 3. The van der Waals surface area contributed by atoms with Crippen molar-refractivity contribution in [3.05, 3.63) is 94.0 Å². The fraction of sp³-hybridized carbons (Fsp3) is 0.286. The van der Waals surface area contributed by atoms with Gasteiger partial charge in [0, 0.05) is 36.7 Å². The fourth-order valence-electron chi connectivity index (χ4n) is 4.55. The van der Waals surface area contributed by atoms with E-state index < -0.39 is 14.9 Å². The number of nitro benzene ring substituents is 1. The van der Waals surface area contributed by atoms with Crippen molar-refractivity contribution in [3.8, 4) is 11.1 Å². The molecule has 2 amide bonds. The molecule has 1 unspecified atom stereocenters. The Kier molecular flexibility index (Phi) is 10.3. The van der Waals surface area contributed by atoms with E-state index in [1.165, 1.54) is 18.2 Å². The van der Waals surface area contributed by atoms with Crippen molar-refractivity contribution in [1.29, 1.82) is 0 Å². The van der Waals surface area contributed by atoms with Gasteiger partial charge in [-0.15, -0.1) is 0 Å². The number of carbonyl (C=O) groups is 2. The van der Waals surface area contributed by atoms with Crippen LogP contribution in [0.2, 0.25) is 0 Å². The van der Waals surface area contributed by atoms with Gasteiger partial charge in [0.1, 0.15) is 0 Å². The van der Waals surface area contributed by atoms with Crippen molar-refractivity contribution in [1.82, 2.24) is 10.6 Å². The Balaban J connectivity index is 0.000000272. The number of sulfonamides is 1. The fourth-order valence-corrected chi connectivity index (χ4v) is 5.31. The van der Waals surface area contributed by atoms with Gasteiger partial charge in [-0.2, -0.15) is 0 Å². The molecule has 206 valence electrons. The Bertz CT molecular complexity index is 1410. The SMILES string of the molecule is CC1CCC[C@H]1C(=O)NCc1ccc(-c2ccccc2S(N)(=O)=O)cc1.O=CNCc1cccc([N+](=O)[O-])c1. The van der Waals surface area contributed by atoms with Crippen LogP contribution in [0.4, 0.5) is 5.69 Å². The first-order valence-corrected chi connectivity index (χ1v) is 14.0. The number of non-ortho nitro benzene ring substituents is 1. The second kappa shape index (κ2) is 13.6. The lowest BCUT2D eigenvalue weighted by atomic mass is 9.97. The second-order valence-electron chi connectivity index (χ2n) is 9.40. The van der Waals surface area contributed by atoms with Crippen LogP contribution in [0.15, 0.2) is 77.7 Å². The molecule has 2 atom stereocenters. The van der Waals surface area contributed by atoms with Gasteiger partial charge >= 0.3 is 0 Å². The minimum absolute atomic E-state index is 0.0326. The summed E-state index contributed by atoms with van der Waals surface area (Å²) >= 11 is 0. The minimum atomic E-state index is -3.78. The summed E-state index contributed by atoms with van der Waals surface area (Å²) in [6, 6.07) is 20.3. The summed E-state index contributed by atoms with van der Waals surface area (Å²) in [7, 11) is -3.78. The number of hydrogen-bond acceptors (Lipinski definition) is 6. The third kappa shape index (κ3) is 8.45. The topological polar surface area (TPSA) is 162 Å². The van der Waals surface area contributed by atoms with Crippen molar-refractivity contribution in [2.24, 2.45) is 17.0 Å². The van der Waals surface area contributed by atoms with E-state index in [0.29, 0.717) is 36.5 Å². The van der Waals surface area contributed by atoms with Gasteiger partial charge in [0.05, 0.1) is 9.82 Å². The third-order valence-electron chi connectivity index (χ3n) is 6.63. The van der Waals surface area contributed by atoms with Crippen LogP contribution in [0.5, 0.6) is 0 Å². The lowest BCUT2D eigenvalue weighted by Crippen LogP contribution is -2.31. The minimum Gasteiger partial charge on any atom is -0.355 e. The maximum absolute atomic E-state index is 12.3. The summed E-state index contributed by atoms with van der Waals surface area (Å²) < 4.78 is 23.5. The zero-order valence-electron chi connectivity index (χ0n) is 21.6. The Labute approximate surface area is 227 Å². The van der Waals surface area contributed by atoms with Gasteiger partial charge in [-0.3, -0.25) is 19.7 Å². The van der Waals surface area contributed by atoms with Gasteiger partial charge in [0.15, 0.2) is 0 Å². The van der Waals surface area contributed by atoms with Gasteiger partial charge in [-0.25, -0.2) is 13.6 Å². The van der Waals surface area contributed by atoms with E-state index in [4.69, 9.17) is 5.14 Å². The van der Waals surface area contributed by atoms with Crippen LogP contribution in [0.3, 0.4) is 0 Å². The third-order valence-corrected chi connectivity index (χ3v) is 7.60. The quantitative estimate of drug-likeness (QED) is 0.207. The highest BCUT2D eigenvalue weighted by Gasteiger charge is 2.29. The number of nitro groups is 1. The highest BCUT2D eigenvalue weighted by molar-refractivity contribution is 7.89. The van der Waals surface area contributed by atoms with Crippen LogP contribution in [0.25, 0.3) is 11.1 Å². The predicted molar refractivity (Wildman–Crippen MR) is 148 cm³/mol. The first kappa shape index (κ1) is 29.5. The molecule has 1 aliphatic carbocycles. The smallest absolute Gasteiger partial charge is 0.269 e. The van der Waals surface area contributed by atoms with E-state index in [-0.39, 0.29) is 22.4 Å². The number of nitrogens with zero attached hydrogens (tertiary/aromatic N) is 1. The molecule has 0 aliphatic heterocycles. The molecule has 4 N–H and O–H groups in total. The number of nitrogens with two attached hydrogens (primary N) is 1.